The fourth-order valence-corrected chi connectivity index (χ4v) is 2.61. The summed E-state index contributed by atoms with van der Waals surface area (Å²) in [5.41, 5.74) is 6.72. The van der Waals surface area contributed by atoms with Crippen LogP contribution in [0.1, 0.15) is 32.3 Å². The summed E-state index contributed by atoms with van der Waals surface area (Å²) in [6, 6.07) is 4.10. The maximum Gasteiger partial charge on any atom is 0.239 e. The lowest BCUT2D eigenvalue weighted by molar-refractivity contribution is -0.135. The SMILES string of the molecule is Cc1cc(F)ccc1OC1CCN(C(=O)[C@@H](N)C(C)C)CC1. The molecule has 0 radical (unpaired) electrons. The summed E-state index contributed by atoms with van der Waals surface area (Å²) < 4.78 is 19.0. The average molecular weight is 308 g/mol. The Labute approximate surface area is 131 Å². The molecule has 5 heteroatoms. The summed E-state index contributed by atoms with van der Waals surface area (Å²) in [6.45, 7) is 7.05. The number of rotatable bonds is 4. The summed E-state index contributed by atoms with van der Waals surface area (Å²) in [5.74, 6) is 0.618. The second kappa shape index (κ2) is 7.09. The van der Waals surface area contributed by atoms with Crippen LogP contribution < -0.4 is 10.5 Å². The average Bonchev–Trinajstić information content (AvgIpc) is 2.49. The first-order valence-electron chi connectivity index (χ1n) is 7.85. The highest BCUT2D eigenvalue weighted by molar-refractivity contribution is 5.82. The lowest BCUT2D eigenvalue weighted by atomic mass is 10.0. The van der Waals surface area contributed by atoms with E-state index in [0.717, 1.165) is 18.4 Å². The number of nitrogens with zero attached hydrogens (tertiary/aromatic N) is 1. The predicted molar refractivity (Wildman–Crippen MR) is 84.2 cm³/mol. The Kier molecular flexibility index (Phi) is 5.40. The molecule has 1 saturated heterocycles. The van der Waals surface area contributed by atoms with E-state index in [1.807, 2.05) is 25.7 Å². The van der Waals surface area contributed by atoms with Gasteiger partial charge in [0.05, 0.1) is 6.04 Å². The van der Waals surface area contributed by atoms with Crippen LogP contribution in [0.3, 0.4) is 0 Å². The van der Waals surface area contributed by atoms with Gasteiger partial charge in [0.1, 0.15) is 17.7 Å². The van der Waals surface area contributed by atoms with E-state index in [9.17, 15) is 9.18 Å². The third-order valence-electron chi connectivity index (χ3n) is 4.19. The minimum Gasteiger partial charge on any atom is -0.490 e. The minimum atomic E-state index is -0.434. The summed E-state index contributed by atoms with van der Waals surface area (Å²) in [6.07, 6.45) is 1.60. The number of benzene rings is 1. The van der Waals surface area contributed by atoms with Gasteiger partial charge in [0.25, 0.3) is 0 Å². The van der Waals surface area contributed by atoms with Crippen LogP contribution in [-0.2, 0) is 4.79 Å². The number of halogens is 1. The van der Waals surface area contributed by atoms with Crippen LogP contribution in [0.4, 0.5) is 4.39 Å². The Bertz CT molecular complexity index is 525. The molecular formula is C17H25FN2O2. The molecule has 1 aliphatic heterocycles. The van der Waals surface area contributed by atoms with Gasteiger partial charge in [-0.2, -0.15) is 0 Å². The summed E-state index contributed by atoms with van der Waals surface area (Å²) in [5, 5.41) is 0. The molecule has 2 rings (SSSR count). The molecule has 1 amide bonds. The third kappa shape index (κ3) is 3.97. The van der Waals surface area contributed by atoms with E-state index in [4.69, 9.17) is 10.5 Å². The molecular weight excluding hydrogens is 283 g/mol. The van der Waals surface area contributed by atoms with Crippen LogP contribution >= 0.6 is 0 Å². The number of amides is 1. The van der Waals surface area contributed by atoms with Crippen LogP contribution in [-0.4, -0.2) is 36.0 Å². The van der Waals surface area contributed by atoms with Crippen molar-refractivity contribution in [3.63, 3.8) is 0 Å². The molecule has 1 heterocycles. The fraction of sp³-hybridized carbons (Fsp3) is 0.588. The van der Waals surface area contributed by atoms with Crippen molar-refractivity contribution >= 4 is 5.91 Å². The second-order valence-electron chi connectivity index (χ2n) is 6.32. The maximum atomic E-state index is 13.1. The number of hydrogen-bond donors (Lipinski definition) is 1. The number of likely N-dealkylation sites (tertiary alicyclic amines) is 1. The van der Waals surface area contributed by atoms with E-state index >= 15 is 0 Å². The molecule has 0 aliphatic carbocycles. The van der Waals surface area contributed by atoms with E-state index in [1.165, 1.54) is 12.1 Å². The molecule has 1 aromatic rings. The summed E-state index contributed by atoms with van der Waals surface area (Å²) in [4.78, 5) is 14.0. The lowest BCUT2D eigenvalue weighted by Gasteiger charge is -2.34. The van der Waals surface area contributed by atoms with E-state index in [-0.39, 0.29) is 23.7 Å². The molecule has 0 bridgehead atoms. The van der Waals surface area contributed by atoms with E-state index in [0.29, 0.717) is 18.8 Å². The van der Waals surface area contributed by atoms with Crippen molar-refractivity contribution in [2.45, 2.75) is 45.8 Å². The smallest absolute Gasteiger partial charge is 0.239 e. The quantitative estimate of drug-likeness (QED) is 0.930. The molecule has 122 valence electrons. The Morgan fingerprint density at radius 3 is 2.55 bits per heavy atom. The highest BCUT2D eigenvalue weighted by atomic mass is 19.1. The zero-order chi connectivity index (χ0) is 16.3. The van der Waals surface area contributed by atoms with Gasteiger partial charge >= 0.3 is 0 Å². The highest BCUT2D eigenvalue weighted by Crippen LogP contribution is 2.23. The van der Waals surface area contributed by atoms with Crippen molar-refractivity contribution in [2.24, 2.45) is 11.7 Å². The maximum absolute atomic E-state index is 13.1. The van der Waals surface area contributed by atoms with Crippen LogP contribution in [0, 0.1) is 18.7 Å². The molecule has 1 fully saturated rings. The molecule has 4 nitrogen and oxygen atoms in total. The number of piperidine rings is 1. The van der Waals surface area contributed by atoms with E-state index in [2.05, 4.69) is 0 Å². The normalized spacial score (nSPS) is 17.6. The van der Waals surface area contributed by atoms with Crippen molar-refractivity contribution in [1.29, 1.82) is 0 Å². The van der Waals surface area contributed by atoms with Gasteiger partial charge in [-0.1, -0.05) is 13.8 Å². The van der Waals surface area contributed by atoms with Gasteiger partial charge < -0.3 is 15.4 Å². The number of carbonyl (C=O) groups excluding carboxylic acids is 1. The van der Waals surface area contributed by atoms with Crippen LogP contribution in [0.2, 0.25) is 0 Å². The Balaban J connectivity index is 1.88. The Morgan fingerprint density at radius 1 is 1.36 bits per heavy atom. The van der Waals surface area contributed by atoms with E-state index < -0.39 is 6.04 Å². The first kappa shape index (κ1) is 16.7. The molecule has 22 heavy (non-hydrogen) atoms. The number of carbonyl (C=O) groups is 1. The largest absolute Gasteiger partial charge is 0.490 e. The van der Waals surface area contributed by atoms with E-state index in [1.54, 1.807) is 6.07 Å². The zero-order valence-corrected chi connectivity index (χ0v) is 13.5. The Morgan fingerprint density at radius 2 is 2.00 bits per heavy atom. The molecule has 2 N–H and O–H groups in total. The zero-order valence-electron chi connectivity index (χ0n) is 13.5. The van der Waals surface area contributed by atoms with Gasteiger partial charge in [-0.25, -0.2) is 4.39 Å². The van der Waals surface area contributed by atoms with Gasteiger partial charge in [0, 0.05) is 25.9 Å². The number of hydrogen-bond acceptors (Lipinski definition) is 3. The number of ether oxygens (including phenoxy) is 1. The highest BCUT2D eigenvalue weighted by Gasteiger charge is 2.28. The number of aryl methyl sites for hydroxylation is 1. The second-order valence-corrected chi connectivity index (χ2v) is 6.32. The van der Waals surface area contributed by atoms with Gasteiger partial charge in [0.15, 0.2) is 0 Å². The molecule has 0 saturated carbocycles. The first-order valence-corrected chi connectivity index (χ1v) is 7.85. The van der Waals surface area contributed by atoms with Crippen LogP contribution in [0.5, 0.6) is 5.75 Å². The molecule has 0 unspecified atom stereocenters. The van der Waals surface area contributed by atoms with Crippen molar-refractivity contribution in [3.8, 4) is 5.75 Å². The van der Waals surface area contributed by atoms with Crippen molar-refractivity contribution in [2.75, 3.05) is 13.1 Å². The van der Waals surface area contributed by atoms with Gasteiger partial charge in [-0.05, 0) is 36.6 Å². The van der Waals surface area contributed by atoms with Gasteiger partial charge in [0.2, 0.25) is 5.91 Å². The lowest BCUT2D eigenvalue weighted by Crippen LogP contribution is -2.50. The summed E-state index contributed by atoms with van der Waals surface area (Å²) >= 11 is 0. The summed E-state index contributed by atoms with van der Waals surface area (Å²) in [7, 11) is 0. The molecule has 1 atom stereocenters. The third-order valence-corrected chi connectivity index (χ3v) is 4.19. The standard InChI is InChI=1S/C17H25FN2O2/c1-11(2)16(19)17(21)20-8-6-14(7-9-20)22-15-5-4-13(18)10-12(15)3/h4-5,10-11,14,16H,6-9,19H2,1-3H3/t16-/m0/s1. The molecule has 0 aromatic heterocycles. The number of nitrogens with two attached hydrogens (primary N) is 1. The van der Waals surface area contributed by atoms with Crippen molar-refractivity contribution in [1.82, 2.24) is 4.90 Å². The van der Waals surface area contributed by atoms with Crippen molar-refractivity contribution < 1.29 is 13.9 Å². The fourth-order valence-electron chi connectivity index (χ4n) is 2.61. The van der Waals surface area contributed by atoms with Crippen molar-refractivity contribution in [3.05, 3.63) is 29.6 Å². The topological polar surface area (TPSA) is 55.6 Å². The van der Waals surface area contributed by atoms with Crippen LogP contribution in [0.25, 0.3) is 0 Å². The van der Waals surface area contributed by atoms with Gasteiger partial charge in [-0.3, -0.25) is 4.79 Å². The first-order chi connectivity index (χ1) is 10.4. The van der Waals surface area contributed by atoms with Gasteiger partial charge in [-0.15, -0.1) is 0 Å². The Hall–Kier alpha value is -1.62. The molecule has 1 aromatic carbocycles. The monoisotopic (exact) mass is 308 g/mol. The van der Waals surface area contributed by atoms with Crippen LogP contribution in [0.15, 0.2) is 18.2 Å². The molecule has 0 spiro atoms. The predicted octanol–water partition coefficient (Wildman–Crippen LogP) is 2.49. The minimum absolute atomic E-state index is 0.0198. The molecule has 1 aliphatic rings.